The molecule has 0 aliphatic carbocycles. The third-order valence-corrected chi connectivity index (χ3v) is 4.63. The second kappa shape index (κ2) is 7.03. The molecule has 0 spiro atoms. The molecule has 0 fully saturated rings. The number of thiophene rings is 1. The standard InChI is InChI=1S/C14H17BrN2OS/c1-3-17-13(14-12(15)5-6-19-14)10-7-11(18-4-2)9-16-8-10/h5-9,13,17H,3-4H2,1-2H3. The van der Waals surface area contributed by atoms with Gasteiger partial charge in [-0.3, -0.25) is 4.98 Å². The Morgan fingerprint density at radius 1 is 1.42 bits per heavy atom. The van der Waals surface area contributed by atoms with Gasteiger partial charge in [0.2, 0.25) is 0 Å². The van der Waals surface area contributed by atoms with E-state index in [9.17, 15) is 0 Å². The summed E-state index contributed by atoms with van der Waals surface area (Å²) in [5.74, 6) is 0.815. The number of nitrogens with zero attached hydrogens (tertiary/aromatic N) is 1. The number of aromatic nitrogens is 1. The van der Waals surface area contributed by atoms with Crippen molar-refractivity contribution in [3.8, 4) is 5.75 Å². The first-order valence-corrected chi connectivity index (χ1v) is 7.97. The molecular formula is C14H17BrN2OS. The van der Waals surface area contributed by atoms with E-state index in [0.717, 1.165) is 22.3 Å². The smallest absolute Gasteiger partial charge is 0.137 e. The lowest BCUT2D eigenvalue weighted by Gasteiger charge is -2.18. The van der Waals surface area contributed by atoms with Crippen LogP contribution in [0.3, 0.4) is 0 Å². The van der Waals surface area contributed by atoms with Gasteiger partial charge in [-0.15, -0.1) is 11.3 Å². The highest BCUT2D eigenvalue weighted by Crippen LogP contribution is 2.33. The fraction of sp³-hybridized carbons (Fsp3) is 0.357. The van der Waals surface area contributed by atoms with E-state index in [2.05, 4.69) is 50.7 Å². The van der Waals surface area contributed by atoms with E-state index in [-0.39, 0.29) is 6.04 Å². The monoisotopic (exact) mass is 340 g/mol. The first-order valence-electron chi connectivity index (χ1n) is 6.30. The Bertz CT molecular complexity index is 530. The first kappa shape index (κ1) is 14.5. The third-order valence-electron chi connectivity index (χ3n) is 2.69. The Balaban J connectivity index is 2.33. The SMILES string of the molecule is CCNC(c1cncc(OCC)c1)c1sccc1Br. The fourth-order valence-corrected chi connectivity index (χ4v) is 3.62. The van der Waals surface area contributed by atoms with Crippen LogP contribution < -0.4 is 10.1 Å². The Morgan fingerprint density at radius 2 is 2.26 bits per heavy atom. The number of rotatable bonds is 6. The van der Waals surface area contributed by atoms with E-state index in [1.165, 1.54) is 4.88 Å². The zero-order valence-electron chi connectivity index (χ0n) is 11.0. The van der Waals surface area contributed by atoms with Crippen LogP contribution in [0.1, 0.15) is 30.3 Å². The van der Waals surface area contributed by atoms with Crippen LogP contribution in [0.4, 0.5) is 0 Å². The van der Waals surface area contributed by atoms with Gasteiger partial charge in [-0.1, -0.05) is 6.92 Å². The molecule has 0 bridgehead atoms. The van der Waals surface area contributed by atoms with Crippen molar-refractivity contribution in [2.45, 2.75) is 19.9 Å². The summed E-state index contributed by atoms with van der Waals surface area (Å²) in [7, 11) is 0. The summed E-state index contributed by atoms with van der Waals surface area (Å²) in [6.07, 6.45) is 3.64. The largest absolute Gasteiger partial charge is 0.492 e. The van der Waals surface area contributed by atoms with Gasteiger partial charge in [0.1, 0.15) is 5.75 Å². The highest BCUT2D eigenvalue weighted by atomic mass is 79.9. The predicted molar refractivity (Wildman–Crippen MR) is 82.9 cm³/mol. The molecule has 0 radical (unpaired) electrons. The van der Waals surface area contributed by atoms with Crippen LogP contribution in [-0.4, -0.2) is 18.1 Å². The molecule has 102 valence electrons. The Labute approximate surface area is 126 Å². The molecule has 0 amide bonds. The van der Waals surface area contributed by atoms with Crippen molar-refractivity contribution >= 4 is 27.3 Å². The Hall–Kier alpha value is -0.910. The maximum Gasteiger partial charge on any atom is 0.137 e. The predicted octanol–water partition coefficient (Wildman–Crippen LogP) is 4.00. The van der Waals surface area contributed by atoms with E-state index in [1.54, 1.807) is 17.5 Å². The van der Waals surface area contributed by atoms with E-state index in [4.69, 9.17) is 4.74 Å². The van der Waals surface area contributed by atoms with Crippen molar-refractivity contribution in [3.05, 3.63) is 44.8 Å². The zero-order valence-corrected chi connectivity index (χ0v) is 13.4. The van der Waals surface area contributed by atoms with Crippen molar-refractivity contribution in [2.75, 3.05) is 13.2 Å². The molecule has 2 heterocycles. The molecule has 2 aromatic rings. The zero-order chi connectivity index (χ0) is 13.7. The van der Waals surface area contributed by atoms with Gasteiger partial charge in [-0.25, -0.2) is 0 Å². The highest BCUT2D eigenvalue weighted by Gasteiger charge is 2.18. The topological polar surface area (TPSA) is 34.2 Å². The van der Waals surface area contributed by atoms with E-state index < -0.39 is 0 Å². The van der Waals surface area contributed by atoms with Gasteiger partial charge in [-0.2, -0.15) is 0 Å². The molecule has 1 N–H and O–H groups in total. The number of halogens is 1. The number of nitrogens with one attached hydrogen (secondary N) is 1. The lowest BCUT2D eigenvalue weighted by Crippen LogP contribution is -2.21. The highest BCUT2D eigenvalue weighted by molar-refractivity contribution is 9.10. The van der Waals surface area contributed by atoms with Gasteiger partial charge in [0.05, 0.1) is 18.8 Å². The van der Waals surface area contributed by atoms with Crippen molar-refractivity contribution in [3.63, 3.8) is 0 Å². The van der Waals surface area contributed by atoms with Crippen LogP contribution in [0.15, 0.2) is 34.4 Å². The summed E-state index contributed by atoms with van der Waals surface area (Å²) in [6.45, 7) is 5.63. The molecule has 1 atom stereocenters. The summed E-state index contributed by atoms with van der Waals surface area (Å²) in [4.78, 5) is 5.53. The summed E-state index contributed by atoms with van der Waals surface area (Å²) < 4.78 is 6.65. The minimum absolute atomic E-state index is 0.146. The molecular weight excluding hydrogens is 324 g/mol. The molecule has 0 aliphatic heterocycles. The Kier molecular flexibility index (Phi) is 5.36. The van der Waals surface area contributed by atoms with Gasteiger partial charge in [-0.05, 0) is 52.5 Å². The van der Waals surface area contributed by atoms with Crippen molar-refractivity contribution in [1.29, 1.82) is 0 Å². The van der Waals surface area contributed by atoms with E-state index in [0.29, 0.717) is 6.61 Å². The van der Waals surface area contributed by atoms with Crippen LogP contribution in [0.2, 0.25) is 0 Å². The van der Waals surface area contributed by atoms with Crippen molar-refractivity contribution in [2.24, 2.45) is 0 Å². The first-order chi connectivity index (χ1) is 9.26. The molecule has 0 aromatic carbocycles. The average Bonchev–Trinajstić information content (AvgIpc) is 2.83. The second-order valence-electron chi connectivity index (χ2n) is 4.01. The number of ether oxygens (including phenoxy) is 1. The third kappa shape index (κ3) is 3.55. The quantitative estimate of drug-likeness (QED) is 0.862. The van der Waals surface area contributed by atoms with Crippen molar-refractivity contribution in [1.82, 2.24) is 10.3 Å². The number of pyridine rings is 1. The van der Waals surface area contributed by atoms with Gasteiger partial charge >= 0.3 is 0 Å². The minimum Gasteiger partial charge on any atom is -0.492 e. The second-order valence-corrected chi connectivity index (χ2v) is 5.81. The van der Waals surface area contributed by atoms with Gasteiger partial charge in [0.15, 0.2) is 0 Å². The molecule has 2 aromatic heterocycles. The van der Waals surface area contributed by atoms with Crippen LogP contribution in [0.25, 0.3) is 0 Å². The van der Waals surface area contributed by atoms with E-state index >= 15 is 0 Å². The molecule has 0 saturated carbocycles. The van der Waals surface area contributed by atoms with Gasteiger partial charge in [0.25, 0.3) is 0 Å². The fourth-order valence-electron chi connectivity index (χ4n) is 1.92. The van der Waals surface area contributed by atoms with Crippen molar-refractivity contribution < 1.29 is 4.74 Å². The van der Waals surface area contributed by atoms with Crippen LogP contribution in [0, 0.1) is 0 Å². The Morgan fingerprint density at radius 3 is 2.89 bits per heavy atom. The summed E-state index contributed by atoms with van der Waals surface area (Å²) in [6, 6.07) is 4.27. The van der Waals surface area contributed by atoms with Crippen LogP contribution in [-0.2, 0) is 0 Å². The van der Waals surface area contributed by atoms with Gasteiger partial charge in [0, 0.05) is 15.5 Å². The lowest BCUT2D eigenvalue weighted by atomic mass is 10.1. The number of hydrogen-bond acceptors (Lipinski definition) is 4. The normalized spacial score (nSPS) is 12.4. The molecule has 1 unspecified atom stereocenters. The van der Waals surface area contributed by atoms with E-state index in [1.807, 2.05) is 13.1 Å². The lowest BCUT2D eigenvalue weighted by molar-refractivity contribution is 0.338. The molecule has 0 aliphatic rings. The molecule has 0 saturated heterocycles. The maximum absolute atomic E-state index is 5.52. The average molecular weight is 341 g/mol. The molecule has 3 nitrogen and oxygen atoms in total. The minimum atomic E-state index is 0.146. The summed E-state index contributed by atoms with van der Waals surface area (Å²) in [5, 5.41) is 5.58. The van der Waals surface area contributed by atoms with Crippen LogP contribution >= 0.6 is 27.3 Å². The number of hydrogen-bond donors (Lipinski definition) is 1. The summed E-state index contributed by atoms with van der Waals surface area (Å²) in [5.41, 5.74) is 1.12. The molecule has 5 heteroatoms. The van der Waals surface area contributed by atoms with Crippen LogP contribution in [0.5, 0.6) is 5.75 Å². The molecule has 2 rings (SSSR count). The maximum atomic E-state index is 5.52. The molecule has 19 heavy (non-hydrogen) atoms. The summed E-state index contributed by atoms with van der Waals surface area (Å²) >= 11 is 5.34. The van der Waals surface area contributed by atoms with Gasteiger partial charge < -0.3 is 10.1 Å².